The minimum absolute atomic E-state index is 0.394. The van der Waals surface area contributed by atoms with E-state index in [9.17, 15) is 0 Å². The number of rotatable bonds is 4. The second kappa shape index (κ2) is 4.05. The van der Waals surface area contributed by atoms with Crippen LogP contribution >= 0.6 is 12.2 Å². The van der Waals surface area contributed by atoms with Crippen LogP contribution in [0.2, 0.25) is 0 Å². The van der Waals surface area contributed by atoms with Crippen LogP contribution < -0.4 is 11.1 Å². The fraction of sp³-hybridized carbons (Fsp3) is 0.875. The summed E-state index contributed by atoms with van der Waals surface area (Å²) < 4.78 is 0. The SMILES string of the molecule is CC(CNC(N)=S)N(C)C1CC1. The lowest BCUT2D eigenvalue weighted by atomic mass is 10.3. The highest BCUT2D eigenvalue weighted by atomic mass is 32.1. The van der Waals surface area contributed by atoms with Gasteiger partial charge in [-0.3, -0.25) is 4.90 Å². The highest BCUT2D eigenvalue weighted by molar-refractivity contribution is 7.80. The van der Waals surface area contributed by atoms with E-state index in [2.05, 4.69) is 24.2 Å². The topological polar surface area (TPSA) is 41.3 Å². The number of hydrogen-bond donors (Lipinski definition) is 2. The van der Waals surface area contributed by atoms with Gasteiger partial charge in [0.1, 0.15) is 0 Å². The monoisotopic (exact) mass is 187 g/mol. The first-order valence-electron chi connectivity index (χ1n) is 4.36. The summed E-state index contributed by atoms with van der Waals surface area (Å²) in [5.74, 6) is 0. The van der Waals surface area contributed by atoms with Gasteiger partial charge in [0.15, 0.2) is 5.11 Å². The van der Waals surface area contributed by atoms with Crippen LogP contribution in [-0.2, 0) is 0 Å². The van der Waals surface area contributed by atoms with E-state index in [-0.39, 0.29) is 0 Å². The number of thiocarbonyl (C=S) groups is 1. The van der Waals surface area contributed by atoms with Crippen LogP contribution in [0, 0.1) is 0 Å². The fourth-order valence-corrected chi connectivity index (χ4v) is 1.32. The molecule has 1 atom stereocenters. The molecule has 3 N–H and O–H groups in total. The van der Waals surface area contributed by atoms with E-state index >= 15 is 0 Å². The molecule has 0 saturated heterocycles. The predicted molar refractivity (Wildman–Crippen MR) is 55.0 cm³/mol. The maximum Gasteiger partial charge on any atom is 0.163 e. The molecule has 1 aliphatic rings. The quantitative estimate of drug-likeness (QED) is 0.621. The van der Waals surface area contributed by atoms with Crippen LogP contribution in [0.15, 0.2) is 0 Å². The molecule has 0 bridgehead atoms. The van der Waals surface area contributed by atoms with Crippen LogP contribution in [0.3, 0.4) is 0 Å². The summed E-state index contributed by atoms with van der Waals surface area (Å²) in [4.78, 5) is 2.38. The zero-order chi connectivity index (χ0) is 9.14. The maximum absolute atomic E-state index is 5.33. The van der Waals surface area contributed by atoms with Crippen molar-refractivity contribution in [1.82, 2.24) is 10.2 Å². The van der Waals surface area contributed by atoms with E-state index in [0.29, 0.717) is 11.2 Å². The first kappa shape index (κ1) is 9.74. The van der Waals surface area contributed by atoms with Crippen molar-refractivity contribution >= 4 is 17.3 Å². The average molecular weight is 187 g/mol. The van der Waals surface area contributed by atoms with E-state index in [4.69, 9.17) is 18.0 Å². The predicted octanol–water partition coefficient (Wildman–Crippen LogP) is 0.302. The summed E-state index contributed by atoms with van der Waals surface area (Å²) in [6, 6.07) is 1.31. The van der Waals surface area contributed by atoms with Gasteiger partial charge in [0, 0.05) is 18.6 Å². The van der Waals surface area contributed by atoms with Crippen LogP contribution in [-0.4, -0.2) is 35.7 Å². The summed E-state index contributed by atoms with van der Waals surface area (Å²) in [5.41, 5.74) is 5.33. The largest absolute Gasteiger partial charge is 0.376 e. The summed E-state index contributed by atoms with van der Waals surface area (Å²) in [7, 11) is 2.16. The molecule has 1 fully saturated rings. The van der Waals surface area contributed by atoms with Gasteiger partial charge >= 0.3 is 0 Å². The van der Waals surface area contributed by atoms with E-state index in [1.165, 1.54) is 12.8 Å². The van der Waals surface area contributed by atoms with E-state index in [1.807, 2.05) is 0 Å². The molecule has 1 saturated carbocycles. The van der Waals surface area contributed by atoms with Gasteiger partial charge in [-0.05, 0) is 39.0 Å². The Labute approximate surface area is 79.3 Å². The molecule has 0 amide bonds. The summed E-state index contributed by atoms with van der Waals surface area (Å²) in [5, 5.41) is 3.37. The number of likely N-dealkylation sites (N-methyl/N-ethyl adjacent to an activating group) is 1. The zero-order valence-corrected chi connectivity index (χ0v) is 8.53. The van der Waals surface area contributed by atoms with Crippen molar-refractivity contribution in [2.75, 3.05) is 13.6 Å². The molecule has 0 heterocycles. The van der Waals surface area contributed by atoms with Crippen molar-refractivity contribution in [3.63, 3.8) is 0 Å². The Morgan fingerprint density at radius 1 is 1.75 bits per heavy atom. The third-order valence-electron chi connectivity index (χ3n) is 2.39. The molecule has 1 aliphatic carbocycles. The smallest absolute Gasteiger partial charge is 0.163 e. The third kappa shape index (κ3) is 2.95. The Balaban J connectivity index is 2.17. The van der Waals surface area contributed by atoms with Gasteiger partial charge in [0.25, 0.3) is 0 Å². The van der Waals surface area contributed by atoms with Crippen LogP contribution in [0.4, 0.5) is 0 Å². The second-order valence-electron chi connectivity index (χ2n) is 3.49. The highest BCUT2D eigenvalue weighted by Crippen LogP contribution is 2.26. The van der Waals surface area contributed by atoms with Crippen LogP contribution in [0.25, 0.3) is 0 Å². The lowest BCUT2D eigenvalue weighted by Gasteiger charge is -2.24. The Kier molecular flexibility index (Phi) is 3.29. The Hall–Kier alpha value is -0.350. The molecule has 3 nitrogen and oxygen atoms in total. The molecule has 1 unspecified atom stereocenters. The zero-order valence-electron chi connectivity index (χ0n) is 7.71. The van der Waals surface area contributed by atoms with Crippen molar-refractivity contribution in [3.05, 3.63) is 0 Å². The normalized spacial score (nSPS) is 19.2. The molecule has 0 aromatic carbocycles. The Morgan fingerprint density at radius 2 is 2.33 bits per heavy atom. The fourth-order valence-electron chi connectivity index (χ4n) is 1.23. The lowest BCUT2D eigenvalue weighted by molar-refractivity contribution is 0.248. The molecular formula is C8H17N3S. The van der Waals surface area contributed by atoms with E-state index in [1.54, 1.807) is 0 Å². The minimum atomic E-state index is 0.394. The molecule has 0 spiro atoms. The van der Waals surface area contributed by atoms with Gasteiger partial charge < -0.3 is 11.1 Å². The number of hydrogen-bond acceptors (Lipinski definition) is 2. The standard InChI is InChI=1S/C8H17N3S/c1-6(5-10-8(9)12)11(2)7-3-4-7/h6-7H,3-5H2,1-2H3,(H3,9,10,12). The Morgan fingerprint density at radius 3 is 2.75 bits per heavy atom. The summed E-state index contributed by atoms with van der Waals surface area (Å²) in [6.45, 7) is 3.03. The van der Waals surface area contributed by atoms with E-state index < -0.39 is 0 Å². The molecule has 1 rings (SSSR count). The molecule has 0 aromatic heterocycles. The molecule has 70 valence electrons. The lowest BCUT2D eigenvalue weighted by Crippen LogP contribution is -2.42. The summed E-state index contributed by atoms with van der Waals surface area (Å²) >= 11 is 4.73. The molecule has 0 aliphatic heterocycles. The number of nitrogens with one attached hydrogen (secondary N) is 1. The molecule has 12 heavy (non-hydrogen) atoms. The van der Waals surface area contributed by atoms with Gasteiger partial charge in [-0.15, -0.1) is 0 Å². The first-order chi connectivity index (χ1) is 5.61. The van der Waals surface area contributed by atoms with Crippen LogP contribution in [0.1, 0.15) is 19.8 Å². The van der Waals surface area contributed by atoms with Gasteiger partial charge in [0.05, 0.1) is 0 Å². The number of nitrogens with zero attached hydrogens (tertiary/aromatic N) is 1. The van der Waals surface area contributed by atoms with E-state index in [0.717, 1.165) is 12.6 Å². The second-order valence-corrected chi connectivity index (χ2v) is 3.93. The molecule has 4 heteroatoms. The number of nitrogens with two attached hydrogens (primary N) is 1. The van der Waals surface area contributed by atoms with Crippen molar-refractivity contribution in [2.45, 2.75) is 31.8 Å². The average Bonchev–Trinajstić information content (AvgIpc) is 2.80. The minimum Gasteiger partial charge on any atom is -0.376 e. The van der Waals surface area contributed by atoms with Gasteiger partial charge in [-0.1, -0.05) is 0 Å². The van der Waals surface area contributed by atoms with Crippen LogP contribution in [0.5, 0.6) is 0 Å². The van der Waals surface area contributed by atoms with Crippen molar-refractivity contribution in [2.24, 2.45) is 5.73 Å². The van der Waals surface area contributed by atoms with Crippen molar-refractivity contribution in [1.29, 1.82) is 0 Å². The van der Waals surface area contributed by atoms with Crippen molar-refractivity contribution < 1.29 is 0 Å². The van der Waals surface area contributed by atoms with Gasteiger partial charge in [-0.25, -0.2) is 0 Å². The van der Waals surface area contributed by atoms with Gasteiger partial charge in [0.2, 0.25) is 0 Å². The first-order valence-corrected chi connectivity index (χ1v) is 4.77. The van der Waals surface area contributed by atoms with Crippen molar-refractivity contribution in [3.8, 4) is 0 Å². The molecule has 0 radical (unpaired) electrons. The molecule has 0 aromatic rings. The molecular weight excluding hydrogens is 170 g/mol. The highest BCUT2D eigenvalue weighted by Gasteiger charge is 2.28. The summed E-state index contributed by atoms with van der Waals surface area (Å²) in [6.07, 6.45) is 2.68. The third-order valence-corrected chi connectivity index (χ3v) is 2.53. The maximum atomic E-state index is 5.33. The Bertz CT molecular complexity index is 168. The van der Waals surface area contributed by atoms with Gasteiger partial charge in [-0.2, -0.15) is 0 Å².